The number of anilines is 1. The summed E-state index contributed by atoms with van der Waals surface area (Å²) >= 11 is 0. The fourth-order valence-electron chi connectivity index (χ4n) is 4.32. The molecule has 0 N–H and O–H groups in total. The van der Waals surface area contributed by atoms with Gasteiger partial charge in [0.15, 0.2) is 0 Å². The summed E-state index contributed by atoms with van der Waals surface area (Å²) in [4.78, 5) is 19.1. The first-order chi connectivity index (χ1) is 15.9. The van der Waals surface area contributed by atoms with E-state index in [9.17, 15) is 10.1 Å². The van der Waals surface area contributed by atoms with Crippen LogP contribution in [0.5, 0.6) is 0 Å². The Labute approximate surface area is 192 Å². The molecule has 0 atom stereocenters. The molecule has 4 aromatic heterocycles. The Kier molecular flexibility index (Phi) is 5.17. The maximum absolute atomic E-state index is 12.3. The number of Topliss-reactive ketones (excluding diaryl/α,β-unsaturated/α-hetero) is 1. The number of nitriles is 1. The molecule has 0 unspecified atom stereocenters. The number of carbonyl (C=O) groups excluding carboxylic acids is 1. The third-order valence-electron chi connectivity index (χ3n) is 6.10. The van der Waals surface area contributed by atoms with Crippen molar-refractivity contribution >= 4 is 17.1 Å². The van der Waals surface area contributed by atoms with E-state index in [4.69, 9.17) is 0 Å². The first-order valence-electron chi connectivity index (χ1n) is 11.1. The van der Waals surface area contributed by atoms with Crippen molar-refractivity contribution in [1.29, 1.82) is 5.26 Å². The van der Waals surface area contributed by atoms with Crippen LogP contribution >= 0.6 is 0 Å². The molecule has 1 aliphatic rings. The van der Waals surface area contributed by atoms with Gasteiger partial charge in [-0.05, 0) is 24.1 Å². The van der Waals surface area contributed by atoms with Gasteiger partial charge >= 0.3 is 0 Å². The van der Waals surface area contributed by atoms with Crippen LogP contribution in [0.15, 0.2) is 49.2 Å². The molecular formula is C25H25N7O. The van der Waals surface area contributed by atoms with Crippen LogP contribution in [0.2, 0.25) is 0 Å². The number of rotatable bonds is 6. The summed E-state index contributed by atoms with van der Waals surface area (Å²) in [6.07, 6.45) is 9.72. The zero-order chi connectivity index (χ0) is 23.1. The maximum Gasteiger partial charge on any atom is 0.139 e. The number of aromatic nitrogens is 5. The van der Waals surface area contributed by atoms with Crippen LogP contribution in [-0.4, -0.2) is 43.3 Å². The van der Waals surface area contributed by atoms with E-state index < -0.39 is 0 Å². The molecule has 5 heterocycles. The van der Waals surface area contributed by atoms with Crippen molar-refractivity contribution in [3.63, 3.8) is 0 Å². The van der Waals surface area contributed by atoms with Crippen LogP contribution in [-0.2, 0) is 11.8 Å². The van der Waals surface area contributed by atoms with Crippen molar-refractivity contribution in [2.24, 2.45) is 18.9 Å². The average Bonchev–Trinajstić information content (AvgIpc) is 3.38. The molecule has 33 heavy (non-hydrogen) atoms. The molecule has 4 aromatic rings. The highest BCUT2D eigenvalue weighted by Gasteiger charge is 2.33. The Bertz CT molecular complexity index is 1370. The Morgan fingerprint density at radius 3 is 2.58 bits per heavy atom. The van der Waals surface area contributed by atoms with Gasteiger partial charge in [0, 0.05) is 67.4 Å². The van der Waals surface area contributed by atoms with E-state index in [0.29, 0.717) is 23.7 Å². The van der Waals surface area contributed by atoms with E-state index in [1.54, 1.807) is 15.4 Å². The van der Waals surface area contributed by atoms with Crippen LogP contribution in [0.25, 0.3) is 27.8 Å². The normalized spacial score (nSPS) is 14.0. The number of nitrogens with zero attached hydrogens (tertiary/aromatic N) is 7. The Balaban J connectivity index is 1.45. The molecule has 0 radical (unpaired) electrons. The van der Waals surface area contributed by atoms with Crippen LogP contribution in [0.4, 0.5) is 5.82 Å². The van der Waals surface area contributed by atoms with Gasteiger partial charge in [-0.3, -0.25) is 9.48 Å². The highest BCUT2D eigenvalue weighted by Crippen LogP contribution is 2.33. The van der Waals surface area contributed by atoms with Crippen molar-refractivity contribution < 1.29 is 4.79 Å². The molecule has 8 nitrogen and oxygen atoms in total. The summed E-state index contributed by atoms with van der Waals surface area (Å²) < 4.78 is 3.50. The van der Waals surface area contributed by atoms with Crippen LogP contribution in [0.1, 0.15) is 25.8 Å². The predicted molar refractivity (Wildman–Crippen MR) is 126 cm³/mol. The molecule has 0 aromatic carbocycles. The van der Waals surface area contributed by atoms with E-state index in [-0.39, 0.29) is 5.92 Å². The number of fused-ring (bicyclic) bond motifs is 1. The molecule has 0 aliphatic carbocycles. The number of ketones is 1. The summed E-state index contributed by atoms with van der Waals surface area (Å²) in [6.45, 7) is 5.60. The lowest BCUT2D eigenvalue weighted by Gasteiger charge is -2.39. The summed E-state index contributed by atoms with van der Waals surface area (Å²) in [5.41, 5.74) is 4.98. The number of aryl methyl sites for hydroxylation is 1. The summed E-state index contributed by atoms with van der Waals surface area (Å²) in [7, 11) is 1.88. The topological polar surface area (TPSA) is 92.1 Å². The summed E-state index contributed by atoms with van der Waals surface area (Å²) in [5, 5.41) is 18.3. The quantitative estimate of drug-likeness (QED) is 0.455. The van der Waals surface area contributed by atoms with Crippen molar-refractivity contribution in [1.82, 2.24) is 24.4 Å². The second-order valence-electron chi connectivity index (χ2n) is 9.08. The molecule has 0 amide bonds. The first kappa shape index (κ1) is 20.9. The Hall–Kier alpha value is -3.99. The van der Waals surface area contributed by atoms with Crippen molar-refractivity contribution in [3.05, 3.63) is 54.7 Å². The van der Waals surface area contributed by atoms with E-state index in [1.165, 1.54) is 0 Å². The van der Waals surface area contributed by atoms with E-state index >= 15 is 0 Å². The molecule has 0 spiro atoms. The number of hydrogen-bond acceptors (Lipinski definition) is 6. The van der Waals surface area contributed by atoms with E-state index in [2.05, 4.69) is 46.1 Å². The minimum absolute atomic E-state index is 0.106. The van der Waals surface area contributed by atoms with Crippen molar-refractivity contribution in [2.45, 2.75) is 20.3 Å². The number of pyridine rings is 2. The van der Waals surface area contributed by atoms with Gasteiger partial charge in [-0.1, -0.05) is 13.8 Å². The molecule has 5 rings (SSSR count). The fraction of sp³-hybridized carbons (Fsp3) is 0.320. The van der Waals surface area contributed by atoms with Gasteiger partial charge in [0.05, 0.1) is 29.4 Å². The minimum atomic E-state index is 0.106. The zero-order valence-electron chi connectivity index (χ0n) is 18.9. The van der Waals surface area contributed by atoms with E-state index in [0.717, 1.165) is 46.7 Å². The average molecular weight is 440 g/mol. The maximum atomic E-state index is 12.3. The highest BCUT2D eigenvalue weighted by atomic mass is 16.1. The van der Waals surface area contributed by atoms with Gasteiger partial charge in [0.2, 0.25) is 0 Å². The molecule has 0 bridgehead atoms. The van der Waals surface area contributed by atoms with Crippen LogP contribution in [0.3, 0.4) is 0 Å². The Morgan fingerprint density at radius 2 is 1.94 bits per heavy atom. The second kappa shape index (κ2) is 8.17. The smallest absolute Gasteiger partial charge is 0.139 e. The molecule has 1 fully saturated rings. The lowest BCUT2D eigenvalue weighted by atomic mass is 9.90. The SMILES string of the molecule is CC(C)CC(=O)C1CN(c2ccc(-c3cc(-c4cnn(C)c4)cn4ncc(C#N)c34)cn2)C1. The highest BCUT2D eigenvalue weighted by molar-refractivity contribution is 5.88. The monoisotopic (exact) mass is 439 g/mol. The van der Waals surface area contributed by atoms with Gasteiger partial charge in [-0.15, -0.1) is 0 Å². The van der Waals surface area contributed by atoms with Crippen molar-refractivity contribution in [2.75, 3.05) is 18.0 Å². The molecule has 166 valence electrons. The van der Waals surface area contributed by atoms with Gasteiger partial charge in [-0.25, -0.2) is 9.50 Å². The third kappa shape index (κ3) is 3.87. The summed E-state index contributed by atoms with van der Waals surface area (Å²) in [6, 6.07) is 8.29. The second-order valence-corrected chi connectivity index (χ2v) is 9.08. The van der Waals surface area contributed by atoms with Gasteiger partial charge in [0.25, 0.3) is 0 Å². The zero-order valence-corrected chi connectivity index (χ0v) is 18.9. The van der Waals surface area contributed by atoms with Gasteiger partial charge in [0.1, 0.15) is 17.7 Å². The minimum Gasteiger partial charge on any atom is -0.355 e. The number of hydrogen-bond donors (Lipinski definition) is 0. The molecule has 1 saturated heterocycles. The molecular weight excluding hydrogens is 414 g/mol. The lowest BCUT2D eigenvalue weighted by Crippen LogP contribution is -2.51. The van der Waals surface area contributed by atoms with E-state index in [1.807, 2.05) is 44.0 Å². The van der Waals surface area contributed by atoms with Gasteiger partial charge < -0.3 is 4.90 Å². The van der Waals surface area contributed by atoms with Crippen molar-refractivity contribution in [3.8, 4) is 28.3 Å². The standard InChI is InChI=1S/C25H25N7O/c1-16(2)6-23(33)21-13-31(14-21)24-5-4-17(9-27-24)22-7-18(20-11-28-30(3)12-20)15-32-25(22)19(8-26)10-29-32/h4-5,7,9-12,15-16,21H,6,13-14H2,1-3H3. The molecule has 8 heteroatoms. The first-order valence-corrected chi connectivity index (χ1v) is 11.1. The number of carbonyl (C=O) groups is 1. The Morgan fingerprint density at radius 1 is 1.12 bits per heavy atom. The van der Waals surface area contributed by atoms with Gasteiger partial charge in [-0.2, -0.15) is 15.5 Å². The summed E-state index contributed by atoms with van der Waals surface area (Å²) in [5.74, 6) is 1.71. The lowest BCUT2D eigenvalue weighted by molar-refractivity contribution is -0.124. The molecule has 0 saturated carbocycles. The predicted octanol–water partition coefficient (Wildman–Crippen LogP) is 3.72. The molecule has 1 aliphatic heterocycles. The van der Waals surface area contributed by atoms with Crippen LogP contribution < -0.4 is 4.90 Å². The fourth-order valence-corrected chi connectivity index (χ4v) is 4.32. The van der Waals surface area contributed by atoms with Crippen LogP contribution in [0, 0.1) is 23.2 Å². The third-order valence-corrected chi connectivity index (χ3v) is 6.10. The largest absolute Gasteiger partial charge is 0.355 e.